The van der Waals surface area contributed by atoms with E-state index in [9.17, 15) is 0 Å². The van der Waals surface area contributed by atoms with Crippen LogP contribution in [0.2, 0.25) is 0 Å². The van der Waals surface area contributed by atoms with Crippen molar-refractivity contribution in [2.75, 3.05) is 26.7 Å². The van der Waals surface area contributed by atoms with Gasteiger partial charge in [0, 0.05) is 20.6 Å². The van der Waals surface area contributed by atoms with Crippen LogP contribution < -0.4 is 10.6 Å². The van der Waals surface area contributed by atoms with Gasteiger partial charge < -0.3 is 0 Å². The van der Waals surface area contributed by atoms with Crippen LogP contribution in [0.1, 0.15) is 51.4 Å². The molecule has 2 aliphatic carbocycles. The Bertz CT molecular complexity index is 463. The number of hydrogen-bond donors (Lipinski definition) is 0. The molecule has 122 valence electrons. The molecule has 0 amide bonds. The minimum absolute atomic E-state index is 0.953. The number of benzene rings is 1. The van der Waals surface area contributed by atoms with Gasteiger partial charge in [0.2, 0.25) is 0 Å². The summed E-state index contributed by atoms with van der Waals surface area (Å²) >= 11 is 0. The van der Waals surface area contributed by atoms with Crippen LogP contribution in [-0.2, 0) is 0 Å². The molecule has 0 unspecified atom stereocenters. The van der Waals surface area contributed by atoms with E-state index in [-0.39, 0.29) is 0 Å². The Hall–Kier alpha value is 0.0800. The molecule has 0 heterocycles. The van der Waals surface area contributed by atoms with Crippen molar-refractivity contribution in [3.63, 3.8) is 0 Å². The van der Waals surface area contributed by atoms with Gasteiger partial charge in [-0.15, -0.1) is 0 Å². The van der Waals surface area contributed by atoms with Crippen LogP contribution in [0.4, 0.5) is 0 Å². The van der Waals surface area contributed by atoms with Gasteiger partial charge in [0.1, 0.15) is 0 Å². The van der Waals surface area contributed by atoms with Gasteiger partial charge in [0.25, 0.3) is 0 Å². The van der Waals surface area contributed by atoms with Crippen molar-refractivity contribution in [2.24, 2.45) is 0 Å². The SMILES string of the molecule is C[P+](C)(c1cccc([P+](C)(C)C2CCCC2)c1)C1CCCC1. The molecule has 0 radical (unpaired) electrons. The summed E-state index contributed by atoms with van der Waals surface area (Å²) < 4.78 is 0. The van der Waals surface area contributed by atoms with E-state index in [4.69, 9.17) is 0 Å². The summed E-state index contributed by atoms with van der Waals surface area (Å²) in [6.07, 6.45) is 11.8. The van der Waals surface area contributed by atoms with Crippen molar-refractivity contribution < 1.29 is 0 Å². The predicted octanol–water partition coefficient (Wildman–Crippen LogP) is 5.38. The fourth-order valence-electron chi connectivity index (χ4n) is 4.73. The lowest BCUT2D eigenvalue weighted by Gasteiger charge is -2.28. The van der Waals surface area contributed by atoms with E-state index >= 15 is 0 Å². The zero-order valence-electron chi connectivity index (χ0n) is 15.0. The van der Waals surface area contributed by atoms with Gasteiger partial charge in [-0.2, -0.15) is 0 Å². The molecule has 0 aliphatic heterocycles. The highest BCUT2D eigenvalue weighted by atomic mass is 31.2. The summed E-state index contributed by atoms with van der Waals surface area (Å²) in [6, 6.07) is 9.92. The quantitative estimate of drug-likeness (QED) is 0.648. The van der Waals surface area contributed by atoms with Crippen molar-refractivity contribution >= 4 is 25.1 Å². The maximum absolute atomic E-state index is 2.65. The van der Waals surface area contributed by atoms with Crippen LogP contribution in [0.25, 0.3) is 0 Å². The molecule has 2 fully saturated rings. The summed E-state index contributed by atoms with van der Waals surface area (Å²) in [5.74, 6) is 0. The molecule has 0 nitrogen and oxygen atoms in total. The van der Waals surface area contributed by atoms with Gasteiger partial charge >= 0.3 is 0 Å². The molecule has 0 N–H and O–H groups in total. The first kappa shape index (κ1) is 16.9. The van der Waals surface area contributed by atoms with Crippen LogP contribution >= 0.6 is 14.5 Å². The summed E-state index contributed by atoms with van der Waals surface area (Å²) in [4.78, 5) is 0. The topological polar surface area (TPSA) is 0 Å². The Morgan fingerprint density at radius 1 is 0.682 bits per heavy atom. The Balaban J connectivity index is 1.88. The van der Waals surface area contributed by atoms with Crippen molar-refractivity contribution in [3.05, 3.63) is 24.3 Å². The minimum atomic E-state index is -0.953. The van der Waals surface area contributed by atoms with Crippen LogP contribution in [-0.4, -0.2) is 38.0 Å². The molecule has 2 heteroatoms. The Morgan fingerprint density at radius 3 is 1.41 bits per heavy atom. The average Bonchev–Trinajstić information content (AvgIpc) is 3.20. The molecular weight excluding hydrogens is 302 g/mol. The summed E-state index contributed by atoms with van der Waals surface area (Å²) in [6.45, 7) is 10.4. The average molecular weight is 336 g/mol. The zero-order valence-corrected chi connectivity index (χ0v) is 16.8. The van der Waals surface area contributed by atoms with Gasteiger partial charge in [-0.05, 0) is 63.5 Å². The van der Waals surface area contributed by atoms with Crippen LogP contribution in [0, 0.1) is 0 Å². The summed E-state index contributed by atoms with van der Waals surface area (Å²) in [5.41, 5.74) is 1.99. The summed E-state index contributed by atoms with van der Waals surface area (Å²) in [5, 5.41) is 3.42. The Labute approximate surface area is 139 Å². The molecule has 0 saturated heterocycles. The smallest absolute Gasteiger partial charge is 0.0544 e. The molecule has 22 heavy (non-hydrogen) atoms. The largest absolute Gasteiger partial charge is 0.0975 e. The summed E-state index contributed by atoms with van der Waals surface area (Å²) in [7, 11) is -1.91. The first-order chi connectivity index (χ1) is 10.4. The zero-order chi connectivity index (χ0) is 15.8. The Kier molecular flexibility index (Phi) is 5.02. The van der Waals surface area contributed by atoms with Gasteiger partial charge in [0.15, 0.2) is 0 Å². The van der Waals surface area contributed by atoms with Crippen LogP contribution in [0.5, 0.6) is 0 Å². The molecule has 3 rings (SSSR count). The van der Waals surface area contributed by atoms with Crippen LogP contribution in [0.15, 0.2) is 24.3 Å². The molecule has 2 saturated carbocycles. The maximum Gasteiger partial charge on any atom is 0.0975 e. The molecular formula is C20H34P2+2. The molecule has 1 aromatic rings. The third kappa shape index (κ3) is 3.16. The highest BCUT2D eigenvalue weighted by molar-refractivity contribution is 7.83. The van der Waals surface area contributed by atoms with Crippen molar-refractivity contribution in [1.82, 2.24) is 0 Å². The normalized spacial score (nSPS) is 21.6. The lowest BCUT2D eigenvalue weighted by atomic mass is 10.3. The lowest BCUT2D eigenvalue weighted by Crippen LogP contribution is -2.26. The standard InChI is InChI=1S/C20H34P2/c1-21(2,17-10-5-6-11-17)19-14-9-15-20(16-19)22(3,4)18-12-7-8-13-18/h9,14-18H,5-8,10-13H2,1-4H3/q+2. The molecule has 0 aromatic heterocycles. The highest BCUT2D eigenvalue weighted by Gasteiger charge is 2.44. The van der Waals surface area contributed by atoms with E-state index in [2.05, 4.69) is 50.9 Å². The van der Waals surface area contributed by atoms with Gasteiger partial charge in [0.05, 0.1) is 48.6 Å². The number of hydrogen-bond acceptors (Lipinski definition) is 0. The molecule has 0 atom stereocenters. The third-order valence-electron chi connectivity index (χ3n) is 6.64. The highest BCUT2D eigenvalue weighted by Crippen LogP contribution is 2.62. The molecule has 0 spiro atoms. The fraction of sp³-hybridized carbons (Fsp3) is 0.700. The van der Waals surface area contributed by atoms with Gasteiger partial charge in [-0.1, -0.05) is 6.07 Å². The monoisotopic (exact) mass is 336 g/mol. The van der Waals surface area contributed by atoms with E-state index in [1.807, 2.05) is 0 Å². The van der Waals surface area contributed by atoms with E-state index in [0.29, 0.717) is 0 Å². The van der Waals surface area contributed by atoms with E-state index < -0.39 is 14.5 Å². The van der Waals surface area contributed by atoms with Crippen molar-refractivity contribution in [1.29, 1.82) is 0 Å². The van der Waals surface area contributed by atoms with Crippen molar-refractivity contribution in [3.8, 4) is 0 Å². The van der Waals surface area contributed by atoms with Gasteiger partial charge in [-0.3, -0.25) is 0 Å². The second-order valence-corrected chi connectivity index (χ2v) is 17.1. The fourth-order valence-corrected chi connectivity index (χ4v) is 10.9. The van der Waals surface area contributed by atoms with E-state index in [1.165, 1.54) is 51.4 Å². The lowest BCUT2D eigenvalue weighted by molar-refractivity contribution is 0.886. The first-order valence-electron chi connectivity index (χ1n) is 9.21. The predicted molar refractivity (Wildman–Crippen MR) is 108 cm³/mol. The second kappa shape index (κ2) is 6.53. The number of rotatable bonds is 4. The second-order valence-electron chi connectivity index (χ2n) is 8.48. The molecule has 0 bridgehead atoms. The molecule has 1 aromatic carbocycles. The third-order valence-corrected chi connectivity index (χ3v) is 14.5. The first-order valence-corrected chi connectivity index (χ1v) is 14.7. The van der Waals surface area contributed by atoms with E-state index in [1.54, 1.807) is 10.6 Å². The van der Waals surface area contributed by atoms with Gasteiger partial charge in [-0.25, -0.2) is 0 Å². The van der Waals surface area contributed by atoms with Crippen molar-refractivity contribution in [2.45, 2.75) is 62.7 Å². The maximum atomic E-state index is 2.65. The minimum Gasteiger partial charge on any atom is -0.0544 e. The van der Waals surface area contributed by atoms with Crippen LogP contribution in [0.3, 0.4) is 0 Å². The van der Waals surface area contributed by atoms with E-state index in [0.717, 1.165) is 11.3 Å². The molecule has 2 aliphatic rings. The Morgan fingerprint density at radius 2 is 1.05 bits per heavy atom.